The van der Waals surface area contributed by atoms with Gasteiger partial charge in [0.1, 0.15) is 5.75 Å². The molecule has 1 aliphatic heterocycles. The molecule has 0 saturated heterocycles. The highest BCUT2D eigenvalue weighted by Crippen LogP contribution is 2.42. The smallest absolute Gasteiger partial charge is 0.265 e. The molecule has 0 aromatic heterocycles. The molecule has 5 rings (SSSR count). The second kappa shape index (κ2) is 11.4. The van der Waals surface area contributed by atoms with Gasteiger partial charge in [0.15, 0.2) is 0 Å². The number of hydrogen-bond acceptors (Lipinski definition) is 4. The van der Waals surface area contributed by atoms with Crippen molar-refractivity contribution < 1.29 is 14.3 Å². The van der Waals surface area contributed by atoms with Gasteiger partial charge in [-0.1, -0.05) is 78.5 Å². The van der Waals surface area contributed by atoms with E-state index in [1.54, 1.807) is 19.2 Å². The Morgan fingerprint density at radius 3 is 2.34 bits per heavy atom. The number of aryl methyl sites for hydroxylation is 1. The molecule has 0 spiro atoms. The van der Waals surface area contributed by atoms with Crippen LogP contribution in [-0.2, 0) is 17.9 Å². The van der Waals surface area contributed by atoms with E-state index in [2.05, 4.69) is 24.4 Å². The molecule has 6 heteroatoms. The number of ether oxygens (including phenoxy) is 1. The van der Waals surface area contributed by atoms with Gasteiger partial charge in [-0.15, -0.1) is 0 Å². The number of methoxy groups -OCH3 is 1. The van der Waals surface area contributed by atoms with Crippen LogP contribution in [0.25, 0.3) is 6.08 Å². The van der Waals surface area contributed by atoms with Gasteiger partial charge < -0.3 is 15.0 Å². The molecular formula is C32H28N2O3S. The van der Waals surface area contributed by atoms with E-state index in [9.17, 15) is 9.59 Å². The van der Waals surface area contributed by atoms with Crippen molar-refractivity contribution in [1.82, 2.24) is 5.32 Å². The van der Waals surface area contributed by atoms with E-state index in [0.29, 0.717) is 23.6 Å². The van der Waals surface area contributed by atoms with Crippen molar-refractivity contribution in [2.75, 3.05) is 12.0 Å². The Labute approximate surface area is 227 Å². The lowest BCUT2D eigenvalue weighted by Crippen LogP contribution is -2.33. The number of nitrogens with one attached hydrogen (secondary N) is 1. The van der Waals surface area contributed by atoms with Crippen molar-refractivity contribution in [1.29, 1.82) is 0 Å². The second-order valence-electron chi connectivity index (χ2n) is 9.01. The molecule has 0 saturated carbocycles. The summed E-state index contributed by atoms with van der Waals surface area (Å²) in [6.45, 7) is 2.94. The first-order chi connectivity index (χ1) is 18.5. The molecule has 2 amide bonds. The van der Waals surface area contributed by atoms with Crippen LogP contribution in [0, 0.1) is 6.92 Å². The second-order valence-corrected chi connectivity index (χ2v) is 10.1. The third kappa shape index (κ3) is 5.50. The van der Waals surface area contributed by atoms with Gasteiger partial charge in [0, 0.05) is 22.6 Å². The van der Waals surface area contributed by atoms with Crippen LogP contribution in [0.15, 0.2) is 107 Å². The van der Waals surface area contributed by atoms with E-state index in [4.69, 9.17) is 4.74 Å². The third-order valence-electron chi connectivity index (χ3n) is 6.52. The topological polar surface area (TPSA) is 58.6 Å². The molecule has 4 aromatic rings. The lowest BCUT2D eigenvalue weighted by molar-refractivity contribution is -0.114. The zero-order valence-electron chi connectivity index (χ0n) is 21.3. The van der Waals surface area contributed by atoms with Crippen molar-refractivity contribution in [3.8, 4) is 5.75 Å². The predicted octanol–water partition coefficient (Wildman–Crippen LogP) is 6.61. The first-order valence-electron chi connectivity index (χ1n) is 12.4. The fourth-order valence-electron chi connectivity index (χ4n) is 4.39. The van der Waals surface area contributed by atoms with Crippen LogP contribution in [0.5, 0.6) is 5.75 Å². The quantitative estimate of drug-likeness (QED) is 0.279. The lowest BCUT2D eigenvalue weighted by Gasteiger charge is -2.31. The first-order valence-corrected chi connectivity index (χ1v) is 13.2. The summed E-state index contributed by atoms with van der Waals surface area (Å²) in [5, 5.41) is 2.94. The maximum Gasteiger partial charge on any atom is 0.265 e. The Hall–Kier alpha value is -4.29. The average Bonchev–Trinajstić information content (AvgIpc) is 2.95. The largest absolute Gasteiger partial charge is 0.496 e. The van der Waals surface area contributed by atoms with Gasteiger partial charge >= 0.3 is 0 Å². The van der Waals surface area contributed by atoms with Crippen LogP contribution in [-0.4, -0.2) is 18.9 Å². The summed E-state index contributed by atoms with van der Waals surface area (Å²) in [6.07, 6.45) is 1.89. The number of thioether (sulfide) groups is 1. The SMILES string of the molecule is COc1ccccc1CNC(=O)c1ccc(/C=C2/Sc3ccccc3N(Cc3ccccc3C)C2=O)cc1. The molecule has 1 N–H and O–H groups in total. The lowest BCUT2D eigenvalue weighted by atomic mass is 10.1. The molecule has 0 atom stereocenters. The van der Waals surface area contributed by atoms with Crippen LogP contribution in [0.2, 0.25) is 0 Å². The van der Waals surface area contributed by atoms with E-state index in [0.717, 1.165) is 38.6 Å². The third-order valence-corrected chi connectivity index (χ3v) is 7.60. The van der Waals surface area contributed by atoms with Crippen molar-refractivity contribution in [3.63, 3.8) is 0 Å². The summed E-state index contributed by atoms with van der Waals surface area (Å²) in [6, 6.07) is 31.0. The number of amides is 2. The molecule has 1 aliphatic rings. The number of carbonyl (C=O) groups excluding carboxylic acids is 2. The maximum atomic E-state index is 13.6. The van der Waals surface area contributed by atoms with Crippen LogP contribution in [0.1, 0.15) is 32.6 Å². The summed E-state index contributed by atoms with van der Waals surface area (Å²) in [5.41, 5.74) is 5.51. The number of fused-ring (bicyclic) bond motifs is 1. The highest BCUT2D eigenvalue weighted by atomic mass is 32.2. The Kier molecular flexibility index (Phi) is 7.61. The Morgan fingerprint density at radius 1 is 0.895 bits per heavy atom. The molecule has 0 unspecified atom stereocenters. The number of para-hydroxylation sites is 2. The summed E-state index contributed by atoms with van der Waals surface area (Å²) in [4.78, 5) is 29.9. The molecule has 0 fully saturated rings. The van der Waals surface area contributed by atoms with Gasteiger partial charge in [-0.05, 0) is 60.0 Å². The monoisotopic (exact) mass is 520 g/mol. The molecule has 4 aromatic carbocycles. The Balaban J connectivity index is 1.34. The van der Waals surface area contributed by atoms with E-state index in [1.165, 1.54) is 11.8 Å². The van der Waals surface area contributed by atoms with Gasteiger partial charge in [0.2, 0.25) is 0 Å². The number of anilines is 1. The van der Waals surface area contributed by atoms with E-state index < -0.39 is 0 Å². The highest BCUT2D eigenvalue weighted by molar-refractivity contribution is 8.04. The Bertz CT molecular complexity index is 1510. The van der Waals surface area contributed by atoms with Gasteiger partial charge in [0.25, 0.3) is 11.8 Å². The number of carbonyl (C=O) groups is 2. The van der Waals surface area contributed by atoms with E-state index >= 15 is 0 Å². The summed E-state index contributed by atoms with van der Waals surface area (Å²) in [5.74, 6) is 0.537. The standard InChI is InChI=1S/C32H28N2O3S/c1-22-9-3-4-11-26(22)21-34-27-12-6-8-14-29(27)38-30(32(34)36)19-23-15-17-24(18-16-23)31(35)33-20-25-10-5-7-13-28(25)37-2/h3-19H,20-21H2,1-2H3,(H,33,35)/b30-19+. The van der Waals surface area contributed by atoms with Crippen molar-refractivity contribution in [2.45, 2.75) is 24.9 Å². The minimum atomic E-state index is -0.170. The minimum Gasteiger partial charge on any atom is -0.496 e. The number of benzene rings is 4. The number of rotatable bonds is 7. The zero-order chi connectivity index (χ0) is 26.5. The fourth-order valence-corrected chi connectivity index (χ4v) is 5.44. The van der Waals surface area contributed by atoms with Gasteiger partial charge in [-0.25, -0.2) is 0 Å². The van der Waals surface area contributed by atoms with Crippen molar-refractivity contribution in [3.05, 3.63) is 130 Å². The molecule has 1 heterocycles. The normalized spacial score (nSPS) is 13.8. The molecule has 0 radical (unpaired) electrons. The highest BCUT2D eigenvalue weighted by Gasteiger charge is 2.29. The average molecular weight is 521 g/mol. The van der Waals surface area contributed by atoms with Gasteiger partial charge in [-0.2, -0.15) is 0 Å². The molecule has 0 bridgehead atoms. The van der Waals surface area contributed by atoms with Crippen LogP contribution in [0.4, 0.5) is 5.69 Å². The van der Waals surface area contributed by atoms with Gasteiger partial charge in [0.05, 0.1) is 24.2 Å². The fraction of sp³-hybridized carbons (Fsp3) is 0.125. The van der Waals surface area contributed by atoms with Crippen LogP contribution < -0.4 is 15.0 Å². The molecular weight excluding hydrogens is 492 g/mol. The molecule has 38 heavy (non-hydrogen) atoms. The van der Waals surface area contributed by atoms with Crippen LogP contribution >= 0.6 is 11.8 Å². The molecule has 0 aliphatic carbocycles. The first kappa shape index (κ1) is 25.4. The van der Waals surface area contributed by atoms with Gasteiger partial charge in [-0.3, -0.25) is 9.59 Å². The number of hydrogen-bond donors (Lipinski definition) is 1. The van der Waals surface area contributed by atoms with E-state index in [-0.39, 0.29) is 11.8 Å². The summed E-state index contributed by atoms with van der Waals surface area (Å²) >= 11 is 1.48. The van der Waals surface area contributed by atoms with Crippen molar-refractivity contribution >= 4 is 35.3 Å². The van der Waals surface area contributed by atoms with Crippen LogP contribution in [0.3, 0.4) is 0 Å². The Morgan fingerprint density at radius 2 is 1.58 bits per heavy atom. The van der Waals surface area contributed by atoms with Crippen molar-refractivity contribution in [2.24, 2.45) is 0 Å². The maximum absolute atomic E-state index is 13.6. The van der Waals surface area contributed by atoms with E-state index in [1.807, 2.05) is 83.8 Å². The minimum absolute atomic E-state index is 0.0319. The summed E-state index contributed by atoms with van der Waals surface area (Å²) in [7, 11) is 1.61. The zero-order valence-corrected chi connectivity index (χ0v) is 22.1. The molecule has 5 nitrogen and oxygen atoms in total. The predicted molar refractivity (Wildman–Crippen MR) is 153 cm³/mol. The number of nitrogens with zero attached hydrogens (tertiary/aromatic N) is 1. The summed E-state index contributed by atoms with van der Waals surface area (Å²) < 4.78 is 5.36. The molecule has 190 valence electrons.